The van der Waals surface area contributed by atoms with Gasteiger partial charge in [-0.25, -0.2) is 0 Å². The molecule has 2 aromatic heterocycles. The molecule has 0 saturated carbocycles. The summed E-state index contributed by atoms with van der Waals surface area (Å²) in [5, 5.41) is 20.7. The van der Waals surface area contributed by atoms with Crippen LogP contribution in [0.3, 0.4) is 0 Å². The van der Waals surface area contributed by atoms with Gasteiger partial charge < -0.3 is 35.1 Å². The molecule has 0 unspecified atom stereocenters. The predicted molar refractivity (Wildman–Crippen MR) is 143 cm³/mol. The van der Waals surface area contributed by atoms with E-state index in [9.17, 15) is 19.8 Å². The average molecular weight is 569 g/mol. The summed E-state index contributed by atoms with van der Waals surface area (Å²) in [5.74, 6) is -2.28. The molecular weight excluding hydrogens is 538 g/mol. The standard InChI is InChI=1S/C10H8N2.2C9H11NO2.H2O.Zn/c1-3-7-11-9(5-1)10-6-2-4-8-12-10;2*1-10(2)8-5-3-7(4-6-8)9(11)12;;/h1-8H;2*3-6H,1-2H3,(H,11,12);1H2;/q;;;;+2/p-1. The smallest absolute Gasteiger partial charge is 0.545 e. The number of nitrogens with zero attached hydrogens (tertiary/aromatic N) is 4. The van der Waals surface area contributed by atoms with E-state index in [0.29, 0.717) is 0 Å². The van der Waals surface area contributed by atoms with Gasteiger partial charge in [0, 0.05) is 52.0 Å². The number of anilines is 2. The molecule has 194 valence electrons. The van der Waals surface area contributed by atoms with Crippen molar-refractivity contribution in [3.05, 3.63) is 108 Å². The Morgan fingerprint density at radius 2 is 0.895 bits per heavy atom. The molecule has 0 aliphatic heterocycles. The molecule has 0 saturated heterocycles. The zero-order chi connectivity index (χ0) is 26.5. The Kier molecular flexibility index (Phi) is 15.5. The first-order valence-electron chi connectivity index (χ1n) is 11.0. The van der Waals surface area contributed by atoms with Crippen molar-refractivity contribution in [1.29, 1.82) is 0 Å². The number of carboxylic acids is 2. The molecular formula is C28H31N4O5Zn+. The number of carbonyl (C=O) groups excluding carboxylic acids is 2. The van der Waals surface area contributed by atoms with Crippen LogP contribution in [-0.2, 0) is 25.0 Å². The van der Waals surface area contributed by atoms with Crippen molar-refractivity contribution in [1.82, 2.24) is 9.97 Å². The van der Waals surface area contributed by atoms with Gasteiger partial charge in [-0.15, -0.1) is 0 Å². The van der Waals surface area contributed by atoms with Gasteiger partial charge in [-0.1, -0.05) is 36.4 Å². The Morgan fingerprint density at radius 3 is 1.11 bits per heavy atom. The number of benzene rings is 2. The molecule has 0 amide bonds. The summed E-state index contributed by atoms with van der Waals surface area (Å²) in [5.41, 5.74) is 4.19. The Bertz CT molecular complexity index is 1120. The van der Waals surface area contributed by atoms with Crippen molar-refractivity contribution >= 4 is 23.3 Å². The summed E-state index contributed by atoms with van der Waals surface area (Å²) < 4.78 is 0. The first-order chi connectivity index (χ1) is 17.2. The van der Waals surface area contributed by atoms with Crippen molar-refractivity contribution in [2.45, 2.75) is 0 Å². The fourth-order valence-electron chi connectivity index (χ4n) is 2.82. The molecule has 4 aromatic rings. The molecule has 10 heteroatoms. The van der Waals surface area contributed by atoms with E-state index in [-0.39, 0.29) is 36.1 Å². The Balaban J connectivity index is 0.000000527. The summed E-state index contributed by atoms with van der Waals surface area (Å²) >= 11 is 0. The van der Waals surface area contributed by atoms with Crippen molar-refractivity contribution in [3.8, 4) is 11.4 Å². The maximum atomic E-state index is 10.4. The molecule has 0 aliphatic carbocycles. The summed E-state index contributed by atoms with van der Waals surface area (Å²) in [6, 6.07) is 24.7. The Hall–Kier alpha value is -4.14. The third-order valence-corrected chi connectivity index (χ3v) is 4.83. The van der Waals surface area contributed by atoms with E-state index in [1.807, 2.05) is 74.4 Å². The van der Waals surface area contributed by atoms with Crippen LogP contribution in [0.25, 0.3) is 11.4 Å². The molecule has 0 spiro atoms. The van der Waals surface area contributed by atoms with E-state index in [0.717, 1.165) is 22.8 Å². The minimum Gasteiger partial charge on any atom is -0.545 e. The number of aromatic carboxylic acids is 2. The molecule has 0 fully saturated rings. The van der Waals surface area contributed by atoms with Gasteiger partial charge in [0.2, 0.25) is 0 Å². The zero-order valence-corrected chi connectivity index (χ0v) is 24.9. The second kappa shape index (κ2) is 17.3. The molecule has 0 radical (unpaired) electrons. The summed E-state index contributed by atoms with van der Waals surface area (Å²) in [7, 11) is 7.59. The molecule has 0 aliphatic rings. The fourth-order valence-corrected chi connectivity index (χ4v) is 2.82. The largest absolute Gasteiger partial charge is 2.00 e. The van der Waals surface area contributed by atoms with Crippen LogP contribution in [0.4, 0.5) is 11.4 Å². The van der Waals surface area contributed by atoms with Gasteiger partial charge >= 0.3 is 19.5 Å². The number of carboxylic acid groups (broad SMARTS) is 2. The SMILES string of the molecule is CN(C)c1ccc(C(=O)[O-])cc1.CN(C)c1ccc(C(=O)[O-])cc1.[OH3+].[Zn+2].c1ccc(-c2ccccn2)nc1. The first kappa shape index (κ1) is 33.9. The summed E-state index contributed by atoms with van der Waals surface area (Å²) in [6.07, 6.45) is 3.54. The van der Waals surface area contributed by atoms with Gasteiger partial charge in [-0.2, -0.15) is 0 Å². The Labute approximate surface area is 235 Å². The van der Waals surface area contributed by atoms with E-state index < -0.39 is 11.9 Å². The molecule has 2 aromatic carbocycles. The van der Waals surface area contributed by atoms with E-state index in [1.165, 1.54) is 24.3 Å². The Morgan fingerprint density at radius 1 is 0.579 bits per heavy atom. The van der Waals surface area contributed by atoms with Crippen LogP contribution in [0.15, 0.2) is 97.3 Å². The van der Waals surface area contributed by atoms with Crippen molar-refractivity contribution in [2.24, 2.45) is 0 Å². The van der Waals surface area contributed by atoms with Gasteiger partial charge in [-0.3, -0.25) is 9.97 Å². The number of hydrogen-bond donors (Lipinski definition) is 0. The van der Waals surface area contributed by atoms with E-state index in [4.69, 9.17) is 0 Å². The molecule has 0 atom stereocenters. The summed E-state index contributed by atoms with van der Waals surface area (Å²) in [4.78, 5) is 32.9. The topological polar surface area (TPSA) is 146 Å². The van der Waals surface area contributed by atoms with Crippen molar-refractivity contribution < 1.29 is 44.8 Å². The molecule has 2 heterocycles. The third-order valence-electron chi connectivity index (χ3n) is 4.83. The maximum Gasteiger partial charge on any atom is 2.00 e. The van der Waals surface area contributed by atoms with Gasteiger partial charge in [0.1, 0.15) is 0 Å². The minimum absolute atomic E-state index is 0. The predicted octanol–water partition coefficient (Wildman–Crippen LogP) is 1.45. The van der Waals surface area contributed by atoms with Crippen LogP contribution in [0.2, 0.25) is 0 Å². The quantitative estimate of drug-likeness (QED) is 0.260. The normalized spacial score (nSPS) is 9.05. The van der Waals surface area contributed by atoms with Crippen LogP contribution < -0.4 is 20.0 Å². The molecule has 3 N–H and O–H groups in total. The first-order valence-corrected chi connectivity index (χ1v) is 11.0. The fraction of sp³-hybridized carbons (Fsp3) is 0.143. The third kappa shape index (κ3) is 11.3. The maximum absolute atomic E-state index is 10.4. The summed E-state index contributed by atoms with van der Waals surface area (Å²) in [6.45, 7) is 0. The molecule has 9 nitrogen and oxygen atoms in total. The second-order valence-corrected chi connectivity index (χ2v) is 7.89. The van der Waals surface area contributed by atoms with Crippen molar-refractivity contribution in [3.63, 3.8) is 0 Å². The molecule has 4 rings (SSSR count). The molecule has 38 heavy (non-hydrogen) atoms. The van der Waals surface area contributed by atoms with E-state index >= 15 is 0 Å². The van der Waals surface area contributed by atoms with E-state index in [1.54, 1.807) is 36.7 Å². The zero-order valence-electron chi connectivity index (χ0n) is 21.9. The van der Waals surface area contributed by atoms with Gasteiger partial charge in [0.05, 0.1) is 23.3 Å². The number of hydrogen-bond acceptors (Lipinski definition) is 8. The number of carbonyl (C=O) groups is 2. The van der Waals surface area contributed by atoms with Crippen LogP contribution in [0.1, 0.15) is 20.7 Å². The second-order valence-electron chi connectivity index (χ2n) is 7.89. The minimum atomic E-state index is -1.14. The van der Waals surface area contributed by atoms with Crippen LogP contribution >= 0.6 is 0 Å². The number of rotatable bonds is 5. The van der Waals surface area contributed by atoms with Crippen LogP contribution in [-0.4, -0.2) is 50.1 Å². The van der Waals surface area contributed by atoms with Gasteiger partial charge in [0.15, 0.2) is 0 Å². The average Bonchev–Trinajstić information content (AvgIpc) is 2.90. The molecule has 0 bridgehead atoms. The van der Waals surface area contributed by atoms with Crippen LogP contribution in [0, 0.1) is 0 Å². The van der Waals surface area contributed by atoms with Gasteiger partial charge in [0.25, 0.3) is 0 Å². The van der Waals surface area contributed by atoms with Crippen LogP contribution in [0.5, 0.6) is 0 Å². The van der Waals surface area contributed by atoms with Gasteiger partial charge in [-0.05, 0) is 59.7 Å². The number of aromatic nitrogens is 2. The van der Waals surface area contributed by atoms with E-state index in [2.05, 4.69) is 9.97 Å². The monoisotopic (exact) mass is 567 g/mol. The van der Waals surface area contributed by atoms with Crippen molar-refractivity contribution in [2.75, 3.05) is 38.0 Å². The number of pyridine rings is 2.